The number of benzene rings is 9. The van der Waals surface area contributed by atoms with Crippen molar-refractivity contribution in [2.75, 3.05) is 4.90 Å². The molecule has 9 aromatic carbocycles. The lowest BCUT2D eigenvalue weighted by atomic mass is 10.00. The van der Waals surface area contributed by atoms with Crippen LogP contribution in [0.4, 0.5) is 17.1 Å². The first-order chi connectivity index (χ1) is 28.2. The van der Waals surface area contributed by atoms with Crippen molar-refractivity contribution < 1.29 is 4.42 Å². The molecule has 268 valence electrons. The molecule has 0 atom stereocenters. The number of nitrogens with zero attached hydrogens (tertiary/aromatic N) is 3. The van der Waals surface area contributed by atoms with Crippen LogP contribution in [0, 0.1) is 0 Å². The fourth-order valence-corrected chi connectivity index (χ4v) is 8.25. The molecule has 0 radical (unpaired) electrons. The van der Waals surface area contributed by atoms with Gasteiger partial charge >= 0.3 is 0 Å². The number of fused-ring (bicyclic) bond motifs is 6. The number of hydrogen-bond acceptors (Lipinski definition) is 3. The minimum Gasteiger partial charge on any atom is -0.436 e. The third kappa shape index (κ3) is 5.74. The first-order valence-electron chi connectivity index (χ1n) is 19.3. The highest BCUT2D eigenvalue weighted by Gasteiger charge is 2.19. The van der Waals surface area contributed by atoms with Crippen LogP contribution in [0.1, 0.15) is 0 Å². The van der Waals surface area contributed by atoms with Crippen LogP contribution < -0.4 is 4.90 Å². The lowest BCUT2D eigenvalue weighted by Gasteiger charge is -2.26. The standard InChI is InChI=1S/C53H35N3O/c1-4-13-36(14-5-1)40-17-12-20-44(33-40)55(45-30-31-50-48(35-45)46-21-10-11-22-49(46)56(50)42-18-8-3-9-19-42)43-28-25-37(26-29-43)41-24-23-38-27-32-51-52(47(38)34-41)54-53(57-51)39-15-6-2-7-16-39/h1-35H. The van der Waals surface area contributed by atoms with Crippen molar-refractivity contribution >= 4 is 60.7 Å². The molecular weight excluding hydrogens is 695 g/mol. The van der Waals surface area contributed by atoms with E-state index in [1.807, 2.05) is 36.4 Å². The van der Waals surface area contributed by atoms with E-state index in [4.69, 9.17) is 9.40 Å². The third-order valence-electron chi connectivity index (χ3n) is 11.0. The first kappa shape index (κ1) is 32.7. The molecule has 0 aliphatic carbocycles. The Balaban J connectivity index is 1.04. The molecule has 57 heavy (non-hydrogen) atoms. The first-order valence-corrected chi connectivity index (χ1v) is 19.3. The summed E-state index contributed by atoms with van der Waals surface area (Å²) >= 11 is 0. The van der Waals surface area contributed by atoms with E-state index in [9.17, 15) is 0 Å². The predicted molar refractivity (Wildman–Crippen MR) is 237 cm³/mol. The van der Waals surface area contributed by atoms with E-state index in [1.165, 1.54) is 32.9 Å². The summed E-state index contributed by atoms with van der Waals surface area (Å²) in [5, 5.41) is 4.63. The molecule has 11 aromatic rings. The zero-order chi connectivity index (χ0) is 37.7. The highest BCUT2D eigenvalue weighted by atomic mass is 16.3. The minimum atomic E-state index is 0.632. The SMILES string of the molecule is c1ccc(-c2cccc(N(c3ccc(-c4ccc5ccc6oc(-c7ccccc7)nc6c5c4)cc3)c3ccc4c(c3)c3ccccc3n4-c3ccccc3)c2)cc1. The van der Waals surface area contributed by atoms with Gasteiger partial charge < -0.3 is 13.9 Å². The van der Waals surface area contributed by atoms with Crippen LogP contribution in [0.5, 0.6) is 0 Å². The monoisotopic (exact) mass is 729 g/mol. The average Bonchev–Trinajstić information content (AvgIpc) is 3.88. The lowest BCUT2D eigenvalue weighted by Crippen LogP contribution is -2.10. The maximum absolute atomic E-state index is 6.23. The second-order valence-corrected chi connectivity index (χ2v) is 14.4. The van der Waals surface area contributed by atoms with E-state index >= 15 is 0 Å². The van der Waals surface area contributed by atoms with Crippen LogP contribution in [-0.4, -0.2) is 9.55 Å². The molecule has 4 nitrogen and oxygen atoms in total. The molecule has 0 saturated carbocycles. The average molecular weight is 730 g/mol. The summed E-state index contributed by atoms with van der Waals surface area (Å²) in [6, 6.07) is 75.3. The van der Waals surface area contributed by atoms with Crippen molar-refractivity contribution in [3.8, 4) is 39.4 Å². The molecule has 0 saturated heterocycles. The van der Waals surface area contributed by atoms with E-state index in [0.29, 0.717) is 5.89 Å². The van der Waals surface area contributed by atoms with Crippen molar-refractivity contribution in [1.82, 2.24) is 9.55 Å². The molecule has 0 fully saturated rings. The van der Waals surface area contributed by atoms with Crippen LogP contribution in [0.3, 0.4) is 0 Å². The summed E-state index contributed by atoms with van der Waals surface area (Å²) in [7, 11) is 0. The molecule has 2 heterocycles. The Morgan fingerprint density at radius 3 is 1.79 bits per heavy atom. The molecule has 0 unspecified atom stereocenters. The van der Waals surface area contributed by atoms with Gasteiger partial charge in [-0.05, 0) is 113 Å². The van der Waals surface area contributed by atoms with E-state index in [-0.39, 0.29) is 0 Å². The molecule has 0 spiro atoms. The van der Waals surface area contributed by atoms with Crippen LogP contribution >= 0.6 is 0 Å². The van der Waals surface area contributed by atoms with Crippen LogP contribution in [-0.2, 0) is 0 Å². The number of aromatic nitrogens is 2. The Hall–Kier alpha value is -7.69. The van der Waals surface area contributed by atoms with Crippen LogP contribution in [0.2, 0.25) is 0 Å². The fourth-order valence-electron chi connectivity index (χ4n) is 8.25. The van der Waals surface area contributed by atoms with Gasteiger partial charge in [0.25, 0.3) is 0 Å². The smallest absolute Gasteiger partial charge is 0.227 e. The number of hydrogen-bond donors (Lipinski definition) is 0. The Kier molecular flexibility index (Phi) is 7.78. The summed E-state index contributed by atoms with van der Waals surface area (Å²) in [4.78, 5) is 7.33. The molecule has 0 aliphatic heterocycles. The molecular formula is C53H35N3O. The lowest BCUT2D eigenvalue weighted by molar-refractivity contribution is 0.620. The van der Waals surface area contributed by atoms with Gasteiger partial charge in [-0.3, -0.25) is 0 Å². The molecule has 4 heteroatoms. The van der Waals surface area contributed by atoms with Crippen molar-refractivity contribution in [3.05, 3.63) is 212 Å². The van der Waals surface area contributed by atoms with Gasteiger partial charge in [0, 0.05) is 44.5 Å². The predicted octanol–water partition coefficient (Wildman–Crippen LogP) is 14.5. The Morgan fingerprint density at radius 2 is 0.982 bits per heavy atom. The number of oxazole rings is 1. The van der Waals surface area contributed by atoms with Crippen molar-refractivity contribution in [1.29, 1.82) is 0 Å². The van der Waals surface area contributed by atoms with E-state index in [1.54, 1.807) is 0 Å². The van der Waals surface area contributed by atoms with Gasteiger partial charge in [0.15, 0.2) is 5.58 Å². The van der Waals surface area contributed by atoms with Crippen LogP contribution in [0.15, 0.2) is 217 Å². The second kappa shape index (κ2) is 13.6. The summed E-state index contributed by atoms with van der Waals surface area (Å²) in [5.41, 5.74) is 14.0. The summed E-state index contributed by atoms with van der Waals surface area (Å²) in [6.07, 6.45) is 0. The minimum absolute atomic E-state index is 0.632. The van der Waals surface area contributed by atoms with Crippen molar-refractivity contribution in [3.63, 3.8) is 0 Å². The number of anilines is 3. The van der Waals surface area contributed by atoms with Gasteiger partial charge in [0.1, 0.15) is 5.52 Å². The second-order valence-electron chi connectivity index (χ2n) is 14.4. The van der Waals surface area contributed by atoms with Crippen molar-refractivity contribution in [2.24, 2.45) is 0 Å². The molecule has 11 rings (SSSR count). The van der Waals surface area contributed by atoms with Gasteiger partial charge in [0.05, 0.1) is 11.0 Å². The van der Waals surface area contributed by atoms with Gasteiger partial charge in [-0.1, -0.05) is 127 Å². The summed E-state index contributed by atoms with van der Waals surface area (Å²) in [5.74, 6) is 0.632. The third-order valence-corrected chi connectivity index (χ3v) is 11.0. The molecule has 2 aromatic heterocycles. The molecule has 0 N–H and O–H groups in total. The maximum Gasteiger partial charge on any atom is 0.227 e. The summed E-state index contributed by atoms with van der Waals surface area (Å²) < 4.78 is 8.59. The summed E-state index contributed by atoms with van der Waals surface area (Å²) in [6.45, 7) is 0. The molecule has 0 bridgehead atoms. The van der Waals surface area contributed by atoms with E-state index in [2.05, 4.69) is 185 Å². The van der Waals surface area contributed by atoms with Gasteiger partial charge in [0.2, 0.25) is 5.89 Å². The van der Waals surface area contributed by atoms with Crippen LogP contribution in [0.25, 0.3) is 83.1 Å². The molecule has 0 amide bonds. The maximum atomic E-state index is 6.23. The highest BCUT2D eigenvalue weighted by Crippen LogP contribution is 2.41. The quantitative estimate of drug-likeness (QED) is 0.164. The zero-order valence-electron chi connectivity index (χ0n) is 31.0. The Bertz CT molecular complexity index is 3220. The Morgan fingerprint density at radius 1 is 0.386 bits per heavy atom. The Labute approximate surface area is 330 Å². The zero-order valence-corrected chi connectivity index (χ0v) is 31.0. The normalized spacial score (nSPS) is 11.5. The van der Waals surface area contributed by atoms with E-state index < -0.39 is 0 Å². The highest BCUT2D eigenvalue weighted by molar-refractivity contribution is 6.11. The molecule has 0 aliphatic rings. The van der Waals surface area contributed by atoms with Gasteiger partial charge in [-0.25, -0.2) is 4.98 Å². The fraction of sp³-hybridized carbons (Fsp3) is 0. The van der Waals surface area contributed by atoms with E-state index in [0.717, 1.165) is 61.3 Å². The topological polar surface area (TPSA) is 34.2 Å². The number of para-hydroxylation sites is 2. The number of rotatable bonds is 7. The largest absolute Gasteiger partial charge is 0.436 e. The van der Waals surface area contributed by atoms with Gasteiger partial charge in [-0.2, -0.15) is 0 Å². The van der Waals surface area contributed by atoms with Crippen molar-refractivity contribution in [2.45, 2.75) is 0 Å². The van der Waals surface area contributed by atoms with Gasteiger partial charge in [-0.15, -0.1) is 0 Å².